The number of aromatic nitrogens is 2. The highest BCUT2D eigenvalue weighted by atomic mass is 79.9. The molecule has 4 nitrogen and oxygen atoms in total. The molecule has 1 N–H and O–H groups in total. The molecule has 0 radical (unpaired) electrons. The Morgan fingerprint density at radius 2 is 1.96 bits per heavy atom. The second-order valence-corrected chi connectivity index (χ2v) is 6.68. The molecule has 2 aromatic rings. The number of halogens is 6. The van der Waals surface area contributed by atoms with Gasteiger partial charge in [-0.05, 0) is 30.2 Å². The smallest absolute Gasteiger partial charge is 0.344 e. The largest absolute Gasteiger partial charge is 0.435 e. The van der Waals surface area contributed by atoms with E-state index in [-0.39, 0.29) is 0 Å². The van der Waals surface area contributed by atoms with Crippen LogP contribution in [0.1, 0.15) is 28.7 Å². The van der Waals surface area contributed by atoms with Crippen molar-refractivity contribution in [1.82, 2.24) is 15.3 Å². The van der Waals surface area contributed by atoms with Crippen LogP contribution in [0, 0.1) is 0 Å². The van der Waals surface area contributed by atoms with Crippen molar-refractivity contribution in [2.45, 2.75) is 19.1 Å². The van der Waals surface area contributed by atoms with Gasteiger partial charge in [0.1, 0.15) is 0 Å². The number of benzene rings is 1. The van der Waals surface area contributed by atoms with Gasteiger partial charge in [-0.2, -0.15) is 13.2 Å². The van der Waals surface area contributed by atoms with Crippen LogP contribution >= 0.6 is 39.1 Å². The minimum Gasteiger partial charge on any atom is -0.344 e. The van der Waals surface area contributed by atoms with Crippen LogP contribution in [0.15, 0.2) is 40.6 Å². The lowest BCUT2D eigenvalue weighted by Gasteiger charge is -2.19. The molecule has 10 heteroatoms. The lowest BCUT2D eigenvalue weighted by molar-refractivity contribution is -0.141. The Bertz CT molecular complexity index is 859. The van der Waals surface area contributed by atoms with Gasteiger partial charge in [-0.15, -0.1) is 0 Å². The first kappa shape index (κ1) is 20.7. The van der Waals surface area contributed by atoms with Crippen LogP contribution in [0.4, 0.5) is 13.2 Å². The molecule has 0 saturated heterocycles. The highest BCUT2D eigenvalue weighted by Gasteiger charge is 2.38. The fourth-order valence-corrected chi connectivity index (χ4v) is 3.25. The Kier molecular flexibility index (Phi) is 6.65. The third-order valence-corrected chi connectivity index (χ3v) is 4.40. The number of alkyl halides is 3. The fourth-order valence-electron chi connectivity index (χ4n) is 2.16. The summed E-state index contributed by atoms with van der Waals surface area (Å²) in [7, 11) is 0. The van der Waals surface area contributed by atoms with Crippen molar-refractivity contribution in [3.8, 4) is 0 Å². The van der Waals surface area contributed by atoms with Gasteiger partial charge in [0.25, 0.3) is 5.91 Å². The topological polar surface area (TPSA) is 54.9 Å². The van der Waals surface area contributed by atoms with Gasteiger partial charge in [-0.1, -0.05) is 45.2 Å². The van der Waals surface area contributed by atoms with Crippen molar-refractivity contribution in [2.24, 2.45) is 0 Å². The zero-order valence-corrected chi connectivity index (χ0v) is 16.2. The molecule has 0 saturated carbocycles. The first-order valence-corrected chi connectivity index (χ1v) is 8.70. The van der Waals surface area contributed by atoms with E-state index in [1.54, 1.807) is 25.1 Å². The Morgan fingerprint density at radius 1 is 1.31 bits per heavy atom. The van der Waals surface area contributed by atoms with E-state index in [1.807, 2.05) is 0 Å². The summed E-state index contributed by atoms with van der Waals surface area (Å²) in [6.07, 6.45) is -2.92. The molecule has 0 aliphatic rings. The molecule has 0 bridgehead atoms. The number of hydrogen-bond acceptors (Lipinski definition) is 3. The van der Waals surface area contributed by atoms with Crippen molar-refractivity contribution >= 4 is 50.6 Å². The molecule has 1 amide bonds. The number of amides is 1. The van der Waals surface area contributed by atoms with E-state index in [4.69, 9.17) is 23.2 Å². The molecule has 138 valence electrons. The number of nitrogens with zero attached hydrogens (tertiary/aromatic N) is 2. The van der Waals surface area contributed by atoms with Gasteiger partial charge in [0, 0.05) is 27.4 Å². The Morgan fingerprint density at radius 3 is 2.54 bits per heavy atom. The van der Waals surface area contributed by atoms with Crippen LogP contribution in [-0.2, 0) is 6.18 Å². The predicted octanol–water partition coefficient (Wildman–Crippen LogP) is 5.31. The van der Waals surface area contributed by atoms with Crippen molar-refractivity contribution in [2.75, 3.05) is 0 Å². The maximum Gasteiger partial charge on any atom is 0.435 e. The molecule has 1 unspecified atom stereocenters. The van der Waals surface area contributed by atoms with Gasteiger partial charge in [0.2, 0.25) is 0 Å². The summed E-state index contributed by atoms with van der Waals surface area (Å²) < 4.78 is 39.7. The molecule has 26 heavy (non-hydrogen) atoms. The summed E-state index contributed by atoms with van der Waals surface area (Å²) in [4.78, 5) is 19.0. The van der Waals surface area contributed by atoms with E-state index in [9.17, 15) is 18.0 Å². The molecule has 0 fully saturated rings. The SMILES string of the molecule is CC(NC(=O)c1nccnc1C(F)(F)F)/C(=C/Cl)c1ccc(Br)cc1Cl. The van der Waals surface area contributed by atoms with Gasteiger partial charge in [-0.25, -0.2) is 9.97 Å². The van der Waals surface area contributed by atoms with Crippen LogP contribution in [0.5, 0.6) is 0 Å². The first-order valence-electron chi connectivity index (χ1n) is 7.10. The standard InChI is InChI=1S/C16H11BrCl2F3N3O/c1-8(11(7-18)10-3-2-9(17)6-12(10)19)25-15(26)13-14(16(20,21)22)24-5-4-23-13/h2-8H,1H3,(H,25,26)/b11-7-. The van der Waals surface area contributed by atoms with Crippen LogP contribution in [-0.4, -0.2) is 21.9 Å². The van der Waals surface area contributed by atoms with E-state index >= 15 is 0 Å². The molecule has 1 aromatic carbocycles. The van der Waals surface area contributed by atoms with Gasteiger partial charge < -0.3 is 5.32 Å². The Labute approximate surface area is 165 Å². The Hall–Kier alpha value is -1.64. The Balaban J connectivity index is 2.29. The number of carbonyl (C=O) groups is 1. The highest BCUT2D eigenvalue weighted by Crippen LogP contribution is 2.31. The van der Waals surface area contributed by atoms with E-state index in [2.05, 4.69) is 31.2 Å². The second-order valence-electron chi connectivity index (χ2n) is 5.14. The fraction of sp³-hybridized carbons (Fsp3) is 0.188. The maximum absolute atomic E-state index is 13.0. The summed E-state index contributed by atoms with van der Waals surface area (Å²) in [6, 6.07) is 4.30. The average Bonchev–Trinajstić information content (AvgIpc) is 2.56. The molecule has 1 aromatic heterocycles. The first-order chi connectivity index (χ1) is 12.1. The predicted molar refractivity (Wildman–Crippen MR) is 96.9 cm³/mol. The van der Waals surface area contributed by atoms with Crippen molar-refractivity contribution in [3.63, 3.8) is 0 Å². The average molecular weight is 469 g/mol. The molecule has 0 aliphatic carbocycles. The summed E-state index contributed by atoms with van der Waals surface area (Å²) in [5.74, 6) is -1.03. The van der Waals surface area contributed by atoms with Crippen LogP contribution in [0.3, 0.4) is 0 Å². The van der Waals surface area contributed by atoms with Gasteiger partial charge in [-0.3, -0.25) is 4.79 Å². The zero-order chi connectivity index (χ0) is 19.5. The van der Waals surface area contributed by atoms with Gasteiger partial charge in [0.15, 0.2) is 11.4 Å². The molecule has 0 aliphatic heterocycles. The van der Waals surface area contributed by atoms with Crippen molar-refractivity contribution in [1.29, 1.82) is 0 Å². The second kappa shape index (κ2) is 8.37. The van der Waals surface area contributed by atoms with Crippen molar-refractivity contribution in [3.05, 3.63) is 62.6 Å². The molecular weight excluding hydrogens is 458 g/mol. The minimum atomic E-state index is -4.80. The number of hydrogen-bond donors (Lipinski definition) is 1. The van der Waals surface area contributed by atoms with E-state index in [0.29, 0.717) is 16.2 Å². The lowest BCUT2D eigenvalue weighted by Crippen LogP contribution is -2.35. The number of carbonyl (C=O) groups excluding carboxylic acids is 1. The van der Waals surface area contributed by atoms with Gasteiger partial charge >= 0.3 is 6.18 Å². The number of nitrogens with one attached hydrogen (secondary N) is 1. The highest BCUT2D eigenvalue weighted by molar-refractivity contribution is 9.10. The minimum absolute atomic E-state index is 0.364. The van der Waals surface area contributed by atoms with Crippen LogP contribution < -0.4 is 5.32 Å². The van der Waals surface area contributed by atoms with Crippen LogP contribution in [0.25, 0.3) is 5.57 Å². The molecule has 1 atom stereocenters. The monoisotopic (exact) mass is 467 g/mol. The molecule has 1 heterocycles. The molecule has 2 rings (SSSR count). The number of rotatable bonds is 4. The summed E-state index contributed by atoms with van der Waals surface area (Å²) >= 11 is 15.3. The maximum atomic E-state index is 13.0. The quantitative estimate of drug-likeness (QED) is 0.661. The zero-order valence-electron chi connectivity index (χ0n) is 13.1. The molecule has 0 spiro atoms. The summed E-state index contributed by atoms with van der Waals surface area (Å²) in [5, 5.41) is 2.80. The van der Waals surface area contributed by atoms with E-state index in [1.165, 1.54) is 5.54 Å². The summed E-state index contributed by atoms with van der Waals surface area (Å²) in [5.41, 5.74) is -0.00483. The lowest BCUT2D eigenvalue weighted by atomic mass is 10.0. The van der Waals surface area contributed by atoms with Crippen molar-refractivity contribution < 1.29 is 18.0 Å². The normalized spacial score (nSPS) is 13.4. The van der Waals surface area contributed by atoms with E-state index in [0.717, 1.165) is 16.9 Å². The van der Waals surface area contributed by atoms with Gasteiger partial charge in [0.05, 0.1) is 6.04 Å². The van der Waals surface area contributed by atoms with E-state index < -0.39 is 29.5 Å². The third-order valence-electron chi connectivity index (χ3n) is 3.36. The summed E-state index contributed by atoms with van der Waals surface area (Å²) in [6.45, 7) is 1.56. The molecular formula is C16H11BrCl2F3N3O. The van der Waals surface area contributed by atoms with Crippen LogP contribution in [0.2, 0.25) is 5.02 Å². The third kappa shape index (κ3) is 4.75.